The predicted octanol–water partition coefficient (Wildman–Crippen LogP) is 6.97. The molecule has 0 saturated carbocycles. The zero-order valence-electron chi connectivity index (χ0n) is 14.2. The summed E-state index contributed by atoms with van der Waals surface area (Å²) in [7, 11) is 0. The summed E-state index contributed by atoms with van der Waals surface area (Å²) >= 11 is 14.4. The van der Waals surface area contributed by atoms with Crippen LogP contribution in [0.4, 0.5) is 0 Å². The highest BCUT2D eigenvalue weighted by atomic mass is 35.5. The maximum Gasteiger partial charge on any atom is 0.0523 e. The van der Waals surface area contributed by atoms with Gasteiger partial charge in [-0.25, -0.2) is 4.31 Å². The second-order valence-corrected chi connectivity index (χ2v) is 9.07. The maximum atomic E-state index is 6.28. The first-order chi connectivity index (χ1) is 11.5. The van der Waals surface area contributed by atoms with Crippen molar-refractivity contribution < 1.29 is 0 Å². The highest BCUT2D eigenvalue weighted by Crippen LogP contribution is 2.50. The van der Waals surface area contributed by atoms with Gasteiger partial charge in [0, 0.05) is 27.3 Å². The Balaban J connectivity index is 2.06. The third-order valence-electron chi connectivity index (χ3n) is 4.54. The third-order valence-corrected chi connectivity index (χ3v) is 6.47. The lowest BCUT2D eigenvalue weighted by Gasteiger charge is -2.45. The minimum absolute atomic E-state index is 0.321. The Bertz CT molecular complexity index is 686. The van der Waals surface area contributed by atoms with Crippen LogP contribution in [0.2, 0.25) is 10.0 Å². The number of rotatable bonds is 3. The largest absolute Gasteiger partial charge is 0.240 e. The summed E-state index contributed by atoms with van der Waals surface area (Å²) in [6.07, 6.45) is 1.14. The molecule has 0 aliphatic carbocycles. The van der Waals surface area contributed by atoms with Crippen LogP contribution in [0.5, 0.6) is 0 Å². The van der Waals surface area contributed by atoms with E-state index in [0.717, 1.165) is 16.5 Å². The first kappa shape index (κ1) is 18.1. The fourth-order valence-corrected chi connectivity index (χ4v) is 5.19. The van der Waals surface area contributed by atoms with Crippen molar-refractivity contribution >= 4 is 35.1 Å². The van der Waals surface area contributed by atoms with E-state index in [1.807, 2.05) is 30.1 Å². The molecule has 1 heterocycles. The molecule has 1 aliphatic rings. The van der Waals surface area contributed by atoms with Gasteiger partial charge in [-0.15, -0.1) is 0 Å². The van der Waals surface area contributed by atoms with Gasteiger partial charge in [-0.1, -0.05) is 66.3 Å². The van der Waals surface area contributed by atoms with Crippen LogP contribution in [0.25, 0.3) is 0 Å². The zero-order valence-corrected chi connectivity index (χ0v) is 16.6. The van der Waals surface area contributed by atoms with E-state index in [9.17, 15) is 0 Å². The molecule has 1 aliphatic heterocycles. The van der Waals surface area contributed by atoms with Crippen molar-refractivity contribution in [2.45, 2.75) is 50.4 Å². The number of benzene rings is 2. The van der Waals surface area contributed by atoms with E-state index in [1.165, 1.54) is 11.1 Å². The van der Waals surface area contributed by atoms with Crippen molar-refractivity contribution in [2.75, 3.05) is 0 Å². The van der Waals surface area contributed by atoms with Gasteiger partial charge >= 0.3 is 0 Å². The Morgan fingerprint density at radius 1 is 1.00 bits per heavy atom. The number of nitrogens with zero attached hydrogens (tertiary/aromatic N) is 1. The van der Waals surface area contributed by atoms with Gasteiger partial charge in [0.15, 0.2) is 0 Å². The molecule has 0 unspecified atom stereocenters. The quantitative estimate of drug-likeness (QED) is 0.529. The minimum atomic E-state index is 0.321. The molecule has 1 nitrogen and oxygen atoms in total. The van der Waals surface area contributed by atoms with Crippen LogP contribution in [0.3, 0.4) is 0 Å². The molecular formula is C20H23Cl2NS. The van der Waals surface area contributed by atoms with Crippen LogP contribution < -0.4 is 0 Å². The first-order valence-electron chi connectivity index (χ1n) is 8.41. The Kier molecular flexibility index (Phi) is 5.82. The second-order valence-electron chi connectivity index (χ2n) is 6.76. The molecule has 2 aromatic carbocycles. The smallest absolute Gasteiger partial charge is 0.0523 e. The lowest BCUT2D eigenvalue weighted by molar-refractivity contribution is 0.240. The average molecular weight is 380 g/mol. The summed E-state index contributed by atoms with van der Waals surface area (Å²) < 4.78 is 2.54. The summed E-state index contributed by atoms with van der Waals surface area (Å²) in [5, 5.41) is 2.18. The minimum Gasteiger partial charge on any atom is -0.240 e. The van der Waals surface area contributed by atoms with E-state index in [2.05, 4.69) is 55.4 Å². The topological polar surface area (TPSA) is 3.24 Å². The van der Waals surface area contributed by atoms with Gasteiger partial charge in [0.25, 0.3) is 0 Å². The lowest BCUT2D eigenvalue weighted by Crippen LogP contribution is -2.39. The van der Waals surface area contributed by atoms with Gasteiger partial charge in [-0.2, -0.15) is 0 Å². The molecule has 1 fully saturated rings. The Hall–Kier alpha value is -0.670. The molecule has 0 bridgehead atoms. The monoisotopic (exact) mass is 379 g/mol. The normalized spacial score (nSPS) is 25.2. The van der Waals surface area contributed by atoms with Gasteiger partial charge in [0.2, 0.25) is 0 Å². The molecule has 4 heteroatoms. The molecule has 0 N–H and O–H groups in total. The third kappa shape index (κ3) is 3.94. The molecule has 3 atom stereocenters. The van der Waals surface area contributed by atoms with Crippen molar-refractivity contribution in [3.63, 3.8) is 0 Å². The average Bonchev–Trinajstić information content (AvgIpc) is 2.55. The van der Waals surface area contributed by atoms with Crippen molar-refractivity contribution in [3.05, 3.63) is 69.7 Å². The Morgan fingerprint density at radius 3 is 2.33 bits per heavy atom. The Labute approximate surface area is 159 Å². The highest BCUT2D eigenvalue weighted by Gasteiger charge is 2.38. The molecule has 0 spiro atoms. The van der Waals surface area contributed by atoms with Crippen molar-refractivity contribution in [2.24, 2.45) is 0 Å². The summed E-state index contributed by atoms with van der Waals surface area (Å²) in [6, 6.07) is 17.4. The molecule has 24 heavy (non-hydrogen) atoms. The van der Waals surface area contributed by atoms with Gasteiger partial charge in [-0.05, 0) is 55.7 Å². The van der Waals surface area contributed by atoms with Crippen LogP contribution >= 0.6 is 35.1 Å². The van der Waals surface area contributed by atoms with Gasteiger partial charge < -0.3 is 0 Å². The van der Waals surface area contributed by atoms with E-state index in [-0.39, 0.29) is 0 Å². The van der Waals surface area contributed by atoms with E-state index in [1.54, 1.807) is 0 Å². The molecule has 2 aromatic rings. The molecule has 1 saturated heterocycles. The van der Waals surface area contributed by atoms with Crippen LogP contribution in [-0.4, -0.2) is 15.6 Å². The van der Waals surface area contributed by atoms with Crippen LogP contribution in [0.15, 0.2) is 48.5 Å². The van der Waals surface area contributed by atoms with Crippen molar-refractivity contribution in [1.82, 2.24) is 4.31 Å². The summed E-state index contributed by atoms with van der Waals surface area (Å²) in [4.78, 5) is 0. The number of hydrogen-bond donors (Lipinski definition) is 0. The highest BCUT2D eigenvalue weighted by molar-refractivity contribution is 7.97. The fraction of sp³-hybridized carbons (Fsp3) is 0.400. The van der Waals surface area contributed by atoms with E-state index < -0.39 is 0 Å². The van der Waals surface area contributed by atoms with Crippen LogP contribution in [0.1, 0.15) is 50.3 Å². The van der Waals surface area contributed by atoms with Crippen LogP contribution in [-0.2, 0) is 0 Å². The maximum absolute atomic E-state index is 6.28. The van der Waals surface area contributed by atoms with Crippen molar-refractivity contribution in [3.8, 4) is 0 Å². The fourth-order valence-electron chi connectivity index (χ4n) is 3.52. The number of halogens is 2. The zero-order chi connectivity index (χ0) is 17.3. The summed E-state index contributed by atoms with van der Waals surface area (Å²) in [5.74, 6) is 0.420. The molecule has 0 aromatic heterocycles. The standard InChI is InChI=1S/C20H23Cl2NS/c1-13(2)23-20(15-7-9-17(21)10-8-15)19(11-14(3)24-23)16-5-4-6-18(22)12-16/h4-10,12-14,19-20H,11H2,1-3H3/t14-,19-,20-/m1/s1. The van der Waals surface area contributed by atoms with E-state index >= 15 is 0 Å². The van der Waals surface area contributed by atoms with Crippen LogP contribution in [0, 0.1) is 0 Å². The lowest BCUT2D eigenvalue weighted by atomic mass is 9.83. The first-order valence-corrected chi connectivity index (χ1v) is 10.0. The molecule has 0 radical (unpaired) electrons. The predicted molar refractivity (Wildman–Crippen MR) is 107 cm³/mol. The molecule has 0 amide bonds. The molecule has 3 rings (SSSR count). The summed E-state index contributed by atoms with van der Waals surface area (Å²) in [6.45, 7) is 6.85. The second kappa shape index (κ2) is 7.70. The van der Waals surface area contributed by atoms with E-state index in [0.29, 0.717) is 23.3 Å². The van der Waals surface area contributed by atoms with Gasteiger partial charge in [-0.3, -0.25) is 0 Å². The summed E-state index contributed by atoms with van der Waals surface area (Å²) in [5.41, 5.74) is 2.64. The molecular weight excluding hydrogens is 357 g/mol. The molecule has 128 valence electrons. The van der Waals surface area contributed by atoms with Crippen molar-refractivity contribution in [1.29, 1.82) is 0 Å². The SMILES string of the molecule is CC(C)N1S[C@H](C)C[C@H](c2cccc(Cl)c2)[C@H]1c1ccc(Cl)cc1. The number of hydrogen-bond acceptors (Lipinski definition) is 2. The van der Waals surface area contributed by atoms with Gasteiger partial charge in [0.05, 0.1) is 6.04 Å². The van der Waals surface area contributed by atoms with Gasteiger partial charge in [0.1, 0.15) is 0 Å². The Morgan fingerprint density at radius 2 is 1.71 bits per heavy atom. The van der Waals surface area contributed by atoms with E-state index in [4.69, 9.17) is 23.2 Å².